The van der Waals surface area contributed by atoms with Crippen molar-refractivity contribution in [1.29, 1.82) is 5.41 Å². The van der Waals surface area contributed by atoms with Crippen LogP contribution in [0, 0.1) is 5.41 Å². The average Bonchev–Trinajstić information content (AvgIpc) is 2.98. The highest BCUT2D eigenvalue weighted by molar-refractivity contribution is 5.98. The van der Waals surface area contributed by atoms with Crippen molar-refractivity contribution in [2.24, 2.45) is 5.73 Å². The Balaban J connectivity index is 1.72. The van der Waals surface area contributed by atoms with E-state index in [1.165, 1.54) is 38.8 Å². The van der Waals surface area contributed by atoms with Crippen LogP contribution in [-0.4, -0.2) is 47.9 Å². The zero-order valence-corrected chi connectivity index (χ0v) is 11.9. The molecule has 3 rings (SSSR count). The van der Waals surface area contributed by atoms with Gasteiger partial charge in [0.05, 0.1) is 5.69 Å². The average molecular weight is 273 g/mol. The minimum atomic E-state index is 0.0574. The van der Waals surface area contributed by atoms with Crippen LogP contribution in [-0.2, 0) is 0 Å². The largest absolute Gasteiger partial charge is 0.382 e. The third-order valence-electron chi connectivity index (χ3n) is 4.45. The first-order valence-electron chi connectivity index (χ1n) is 7.54. The van der Waals surface area contributed by atoms with Crippen LogP contribution < -0.4 is 10.6 Å². The summed E-state index contributed by atoms with van der Waals surface area (Å²) >= 11 is 0. The Morgan fingerprint density at radius 2 is 2.05 bits per heavy atom. The molecule has 0 bridgehead atoms. The number of nitrogen functional groups attached to an aromatic ring is 1. The highest BCUT2D eigenvalue weighted by atomic mass is 15.3. The second kappa shape index (κ2) is 5.79. The van der Waals surface area contributed by atoms with E-state index in [0.717, 1.165) is 18.8 Å². The van der Waals surface area contributed by atoms with Crippen molar-refractivity contribution < 1.29 is 0 Å². The van der Waals surface area contributed by atoms with Crippen LogP contribution in [0.5, 0.6) is 0 Å². The van der Waals surface area contributed by atoms with Gasteiger partial charge in [-0.05, 0) is 44.5 Å². The molecule has 5 nitrogen and oxygen atoms in total. The molecule has 0 spiro atoms. The first kappa shape index (κ1) is 13.4. The number of amidine groups is 1. The molecule has 2 fully saturated rings. The van der Waals surface area contributed by atoms with Gasteiger partial charge < -0.3 is 10.6 Å². The summed E-state index contributed by atoms with van der Waals surface area (Å²) in [5.74, 6) is 0.0574. The molecule has 2 aliphatic rings. The molecule has 2 aliphatic heterocycles. The Morgan fingerprint density at radius 1 is 1.25 bits per heavy atom. The minimum Gasteiger partial charge on any atom is -0.382 e. The Hall–Kier alpha value is -1.62. The fourth-order valence-electron chi connectivity index (χ4n) is 3.40. The topological polar surface area (TPSA) is 69.2 Å². The summed E-state index contributed by atoms with van der Waals surface area (Å²) in [4.78, 5) is 9.22. The van der Waals surface area contributed by atoms with Crippen LogP contribution in [0.15, 0.2) is 18.3 Å². The summed E-state index contributed by atoms with van der Waals surface area (Å²) in [6, 6.07) is 4.61. The van der Waals surface area contributed by atoms with Crippen LogP contribution in [0.4, 0.5) is 5.69 Å². The number of nitrogens with zero attached hydrogens (tertiary/aromatic N) is 3. The summed E-state index contributed by atoms with van der Waals surface area (Å²) in [6.07, 6.45) is 6.96. The monoisotopic (exact) mass is 273 g/mol. The summed E-state index contributed by atoms with van der Waals surface area (Å²) in [5.41, 5.74) is 7.27. The Labute approximate surface area is 120 Å². The van der Waals surface area contributed by atoms with E-state index >= 15 is 0 Å². The van der Waals surface area contributed by atoms with Gasteiger partial charge in [0.2, 0.25) is 0 Å². The number of piperidine rings is 1. The van der Waals surface area contributed by atoms with E-state index in [0.29, 0.717) is 11.7 Å². The molecular formula is C15H23N5. The maximum atomic E-state index is 7.66. The van der Waals surface area contributed by atoms with Gasteiger partial charge in [-0.2, -0.15) is 0 Å². The van der Waals surface area contributed by atoms with Crippen molar-refractivity contribution in [1.82, 2.24) is 9.88 Å². The highest BCUT2D eigenvalue weighted by Gasteiger charge is 2.29. The minimum absolute atomic E-state index is 0.0574. The van der Waals surface area contributed by atoms with Crippen molar-refractivity contribution in [2.75, 3.05) is 31.1 Å². The molecule has 20 heavy (non-hydrogen) atoms. The lowest BCUT2D eigenvalue weighted by atomic mass is 10.1. The van der Waals surface area contributed by atoms with Gasteiger partial charge in [-0.25, -0.2) is 0 Å². The summed E-state index contributed by atoms with van der Waals surface area (Å²) in [6.45, 7) is 4.55. The van der Waals surface area contributed by atoms with E-state index in [-0.39, 0.29) is 5.84 Å². The molecule has 1 unspecified atom stereocenters. The number of rotatable bonds is 3. The van der Waals surface area contributed by atoms with E-state index in [1.807, 2.05) is 12.1 Å². The smallest absolute Gasteiger partial charge is 0.143 e. The van der Waals surface area contributed by atoms with E-state index < -0.39 is 0 Å². The third kappa shape index (κ3) is 2.63. The van der Waals surface area contributed by atoms with Gasteiger partial charge in [-0.1, -0.05) is 6.42 Å². The number of nitrogens with two attached hydrogens (primary N) is 1. The third-order valence-corrected chi connectivity index (χ3v) is 4.45. The fourth-order valence-corrected chi connectivity index (χ4v) is 3.40. The van der Waals surface area contributed by atoms with Crippen molar-refractivity contribution in [2.45, 2.75) is 31.7 Å². The molecular weight excluding hydrogens is 250 g/mol. The van der Waals surface area contributed by atoms with Gasteiger partial charge in [-0.15, -0.1) is 0 Å². The number of hydrogen-bond acceptors (Lipinski definition) is 4. The van der Waals surface area contributed by atoms with Crippen LogP contribution >= 0.6 is 0 Å². The van der Waals surface area contributed by atoms with Crippen molar-refractivity contribution >= 4 is 11.5 Å². The molecule has 3 N–H and O–H groups in total. The summed E-state index contributed by atoms with van der Waals surface area (Å²) < 4.78 is 0. The standard InChI is InChI=1S/C15H23N5/c16-15(17)14-13(5-4-7-18-14)20-10-6-12(11-20)19-8-2-1-3-9-19/h4-5,7,12H,1-3,6,8-11H2,(H3,16,17). The quantitative estimate of drug-likeness (QED) is 0.646. The van der Waals surface area contributed by atoms with E-state index in [9.17, 15) is 0 Å². The van der Waals surface area contributed by atoms with Crippen molar-refractivity contribution in [3.63, 3.8) is 0 Å². The van der Waals surface area contributed by atoms with Gasteiger partial charge in [0, 0.05) is 25.3 Å². The lowest BCUT2D eigenvalue weighted by Gasteiger charge is -2.32. The molecule has 2 saturated heterocycles. The van der Waals surface area contributed by atoms with Gasteiger partial charge >= 0.3 is 0 Å². The van der Waals surface area contributed by atoms with E-state index in [1.54, 1.807) is 6.20 Å². The van der Waals surface area contributed by atoms with Crippen molar-refractivity contribution in [3.05, 3.63) is 24.0 Å². The van der Waals surface area contributed by atoms with E-state index in [4.69, 9.17) is 11.1 Å². The summed E-state index contributed by atoms with van der Waals surface area (Å²) in [7, 11) is 0. The normalized spacial score (nSPS) is 24.0. The molecule has 0 amide bonds. The van der Waals surface area contributed by atoms with Crippen LogP contribution in [0.3, 0.4) is 0 Å². The van der Waals surface area contributed by atoms with Gasteiger partial charge in [0.1, 0.15) is 11.5 Å². The molecule has 1 aromatic heterocycles. The highest BCUT2D eigenvalue weighted by Crippen LogP contribution is 2.26. The zero-order chi connectivity index (χ0) is 13.9. The van der Waals surface area contributed by atoms with Gasteiger partial charge in [-0.3, -0.25) is 15.3 Å². The number of aromatic nitrogens is 1. The first-order chi connectivity index (χ1) is 9.75. The molecule has 0 radical (unpaired) electrons. The lowest BCUT2D eigenvalue weighted by molar-refractivity contribution is 0.175. The SMILES string of the molecule is N=C(N)c1ncccc1N1CCC(N2CCCCC2)C1. The molecule has 108 valence electrons. The molecule has 0 aliphatic carbocycles. The van der Waals surface area contributed by atoms with Crippen LogP contribution in [0.25, 0.3) is 0 Å². The second-order valence-corrected chi connectivity index (χ2v) is 5.77. The van der Waals surface area contributed by atoms with Crippen LogP contribution in [0.1, 0.15) is 31.4 Å². The molecule has 0 aromatic carbocycles. The van der Waals surface area contributed by atoms with E-state index in [2.05, 4.69) is 14.8 Å². The number of nitrogens with one attached hydrogen (secondary N) is 1. The maximum Gasteiger partial charge on any atom is 0.143 e. The predicted molar refractivity (Wildman–Crippen MR) is 81.3 cm³/mol. The molecule has 5 heteroatoms. The number of anilines is 1. The fraction of sp³-hybridized carbons (Fsp3) is 0.600. The number of hydrogen-bond donors (Lipinski definition) is 2. The Morgan fingerprint density at radius 3 is 2.80 bits per heavy atom. The predicted octanol–water partition coefficient (Wildman–Crippen LogP) is 1.43. The Kier molecular flexibility index (Phi) is 3.87. The zero-order valence-electron chi connectivity index (χ0n) is 11.9. The first-order valence-corrected chi connectivity index (χ1v) is 7.54. The number of pyridine rings is 1. The lowest BCUT2D eigenvalue weighted by Crippen LogP contribution is -2.41. The maximum absolute atomic E-state index is 7.66. The Bertz CT molecular complexity index is 481. The second-order valence-electron chi connectivity index (χ2n) is 5.77. The van der Waals surface area contributed by atoms with Crippen LogP contribution in [0.2, 0.25) is 0 Å². The molecule has 3 heterocycles. The molecule has 1 aromatic rings. The molecule has 1 atom stereocenters. The van der Waals surface area contributed by atoms with Gasteiger partial charge in [0.25, 0.3) is 0 Å². The van der Waals surface area contributed by atoms with Gasteiger partial charge in [0.15, 0.2) is 0 Å². The van der Waals surface area contributed by atoms with Crippen molar-refractivity contribution in [3.8, 4) is 0 Å². The molecule has 0 saturated carbocycles. The summed E-state index contributed by atoms with van der Waals surface area (Å²) in [5, 5.41) is 7.66. The number of likely N-dealkylation sites (tertiary alicyclic amines) is 1.